The van der Waals surface area contributed by atoms with E-state index in [9.17, 15) is 0 Å². The molecule has 0 saturated carbocycles. The van der Waals surface area contributed by atoms with E-state index in [2.05, 4.69) is 121 Å². The van der Waals surface area contributed by atoms with Gasteiger partial charge in [-0.1, -0.05) is 91.8 Å². The summed E-state index contributed by atoms with van der Waals surface area (Å²) in [5.41, 5.74) is 8.51. The second-order valence-corrected chi connectivity index (χ2v) is 9.93. The number of para-hydroxylation sites is 2. The molecule has 1 aliphatic heterocycles. The van der Waals surface area contributed by atoms with Crippen molar-refractivity contribution in [1.82, 2.24) is 0 Å². The number of anilines is 2. The first-order valence-electron chi connectivity index (χ1n) is 11.7. The van der Waals surface area contributed by atoms with E-state index in [1.165, 1.54) is 33.6 Å². The molecular weight excluding hydrogens is 364 g/mol. The van der Waals surface area contributed by atoms with Crippen LogP contribution in [0.1, 0.15) is 108 Å². The van der Waals surface area contributed by atoms with Gasteiger partial charge in [0.2, 0.25) is 0 Å². The second kappa shape index (κ2) is 8.88. The quantitative estimate of drug-likeness (QED) is 0.477. The minimum absolute atomic E-state index is 0.236. The Morgan fingerprint density at radius 1 is 0.533 bits per heavy atom. The first kappa shape index (κ1) is 22.5. The van der Waals surface area contributed by atoms with Crippen molar-refractivity contribution in [3.63, 3.8) is 0 Å². The van der Waals surface area contributed by atoms with Crippen molar-refractivity contribution in [2.75, 3.05) is 9.80 Å². The van der Waals surface area contributed by atoms with Crippen molar-refractivity contribution in [2.24, 2.45) is 0 Å². The van der Waals surface area contributed by atoms with Gasteiger partial charge in [0.1, 0.15) is 6.17 Å². The van der Waals surface area contributed by atoms with Crippen molar-refractivity contribution in [3.8, 4) is 0 Å². The lowest BCUT2D eigenvalue weighted by Gasteiger charge is -2.36. The van der Waals surface area contributed by atoms with Gasteiger partial charge in [0, 0.05) is 23.8 Å². The average molecular weight is 405 g/mol. The predicted molar refractivity (Wildman–Crippen MR) is 133 cm³/mol. The van der Waals surface area contributed by atoms with Crippen LogP contribution < -0.4 is 9.80 Å². The maximum Gasteiger partial charge on any atom is 0.107 e. The molecule has 0 aliphatic carbocycles. The monoisotopic (exact) mass is 404 g/mol. The minimum atomic E-state index is 0.236. The van der Waals surface area contributed by atoms with E-state index < -0.39 is 0 Å². The lowest BCUT2D eigenvalue weighted by molar-refractivity contribution is 0.713. The summed E-state index contributed by atoms with van der Waals surface area (Å²) >= 11 is 0. The van der Waals surface area contributed by atoms with E-state index in [4.69, 9.17) is 0 Å². The van der Waals surface area contributed by atoms with Crippen molar-refractivity contribution in [2.45, 2.75) is 92.2 Å². The molecule has 0 amide bonds. The Bertz CT molecular complexity index is 779. The van der Waals surface area contributed by atoms with Crippen LogP contribution in [0.25, 0.3) is 0 Å². The normalized spacial score (nSPS) is 15.0. The summed E-state index contributed by atoms with van der Waals surface area (Å²) in [5.74, 6) is 1.95. The lowest BCUT2D eigenvalue weighted by atomic mass is 9.91. The SMILES string of the molecule is CC(C)c1cccc(C(C)C)c1N1C=CN(c2c(C(C)C)cccc2C(C)C)C1C. The van der Waals surface area contributed by atoms with Gasteiger partial charge < -0.3 is 9.80 Å². The van der Waals surface area contributed by atoms with Crippen molar-refractivity contribution >= 4 is 11.4 Å². The van der Waals surface area contributed by atoms with Crippen molar-refractivity contribution in [1.29, 1.82) is 0 Å². The third-order valence-electron chi connectivity index (χ3n) is 6.39. The Kier molecular flexibility index (Phi) is 6.65. The highest BCUT2D eigenvalue weighted by atomic mass is 15.4. The average Bonchev–Trinajstić information content (AvgIpc) is 3.07. The highest BCUT2D eigenvalue weighted by molar-refractivity contribution is 5.71. The third-order valence-corrected chi connectivity index (χ3v) is 6.39. The van der Waals surface area contributed by atoms with E-state index >= 15 is 0 Å². The summed E-state index contributed by atoms with van der Waals surface area (Å²) in [6, 6.07) is 13.7. The van der Waals surface area contributed by atoms with E-state index in [0.717, 1.165) is 0 Å². The molecule has 0 aromatic heterocycles. The Labute approximate surface area is 184 Å². The zero-order valence-electron chi connectivity index (χ0n) is 20.4. The van der Waals surface area contributed by atoms with E-state index in [1.807, 2.05) is 0 Å². The standard InChI is InChI=1S/C28H40N2/c1-18(2)23-12-10-13-24(19(3)4)27(23)29-16-17-30(22(29)9)28-25(20(5)6)14-11-15-26(28)21(7)8/h10-22H,1-9H3. The molecule has 0 saturated heterocycles. The molecule has 162 valence electrons. The summed E-state index contributed by atoms with van der Waals surface area (Å²) in [7, 11) is 0. The Hall–Kier alpha value is -2.22. The van der Waals surface area contributed by atoms with Crippen LogP contribution in [0.4, 0.5) is 11.4 Å². The smallest absolute Gasteiger partial charge is 0.107 e. The van der Waals surface area contributed by atoms with Crippen LogP contribution in [0.5, 0.6) is 0 Å². The molecular formula is C28H40N2. The molecule has 2 heteroatoms. The molecule has 0 fully saturated rings. The highest BCUT2D eigenvalue weighted by Crippen LogP contribution is 2.42. The molecule has 0 bridgehead atoms. The topological polar surface area (TPSA) is 6.48 Å². The molecule has 1 aliphatic rings. The van der Waals surface area contributed by atoms with Gasteiger partial charge in [-0.15, -0.1) is 0 Å². The molecule has 0 unspecified atom stereocenters. The number of nitrogens with zero attached hydrogens (tertiary/aromatic N) is 2. The van der Waals surface area contributed by atoms with Gasteiger partial charge in [-0.05, 0) is 52.8 Å². The summed E-state index contributed by atoms with van der Waals surface area (Å²) in [5, 5.41) is 0. The van der Waals surface area contributed by atoms with Crippen LogP contribution in [0.15, 0.2) is 48.8 Å². The van der Waals surface area contributed by atoms with Crippen LogP contribution in [-0.2, 0) is 0 Å². The molecule has 2 aromatic rings. The zero-order valence-corrected chi connectivity index (χ0v) is 20.4. The maximum absolute atomic E-state index is 2.49. The summed E-state index contributed by atoms with van der Waals surface area (Å²) < 4.78 is 0. The molecule has 2 aromatic carbocycles. The molecule has 0 atom stereocenters. The fourth-order valence-corrected chi connectivity index (χ4v) is 4.67. The fraction of sp³-hybridized carbons (Fsp3) is 0.500. The van der Waals surface area contributed by atoms with E-state index in [-0.39, 0.29) is 6.17 Å². The van der Waals surface area contributed by atoms with Gasteiger partial charge in [0.25, 0.3) is 0 Å². The lowest BCUT2D eigenvalue weighted by Crippen LogP contribution is -2.38. The largest absolute Gasteiger partial charge is 0.325 e. The molecule has 0 spiro atoms. The van der Waals surface area contributed by atoms with E-state index in [0.29, 0.717) is 23.7 Å². The first-order valence-corrected chi connectivity index (χ1v) is 11.7. The molecule has 0 N–H and O–H groups in total. The van der Waals surface area contributed by atoms with Gasteiger partial charge >= 0.3 is 0 Å². The van der Waals surface area contributed by atoms with Gasteiger partial charge in [0.15, 0.2) is 0 Å². The van der Waals surface area contributed by atoms with Crippen molar-refractivity contribution < 1.29 is 0 Å². The highest BCUT2D eigenvalue weighted by Gasteiger charge is 2.31. The summed E-state index contributed by atoms with van der Waals surface area (Å²) in [4.78, 5) is 4.98. The van der Waals surface area contributed by atoms with Crippen LogP contribution in [0.3, 0.4) is 0 Å². The number of rotatable bonds is 6. The molecule has 0 radical (unpaired) electrons. The van der Waals surface area contributed by atoms with Gasteiger partial charge in [0.05, 0.1) is 0 Å². The van der Waals surface area contributed by atoms with Crippen LogP contribution in [-0.4, -0.2) is 6.17 Å². The van der Waals surface area contributed by atoms with Crippen LogP contribution in [0, 0.1) is 0 Å². The summed E-state index contributed by atoms with van der Waals surface area (Å²) in [6.07, 6.45) is 4.82. The van der Waals surface area contributed by atoms with Crippen LogP contribution in [0.2, 0.25) is 0 Å². The Balaban J connectivity index is 2.12. The van der Waals surface area contributed by atoms with Crippen LogP contribution >= 0.6 is 0 Å². The molecule has 3 rings (SSSR count). The number of hydrogen-bond donors (Lipinski definition) is 0. The van der Waals surface area contributed by atoms with Crippen molar-refractivity contribution in [3.05, 3.63) is 71.1 Å². The molecule has 1 heterocycles. The number of benzene rings is 2. The summed E-state index contributed by atoms with van der Waals surface area (Å²) in [6.45, 7) is 20.7. The van der Waals surface area contributed by atoms with Gasteiger partial charge in [-0.25, -0.2) is 0 Å². The number of hydrogen-bond acceptors (Lipinski definition) is 2. The second-order valence-electron chi connectivity index (χ2n) is 9.93. The zero-order chi connectivity index (χ0) is 22.2. The molecule has 30 heavy (non-hydrogen) atoms. The minimum Gasteiger partial charge on any atom is -0.325 e. The van der Waals surface area contributed by atoms with E-state index in [1.54, 1.807) is 0 Å². The van der Waals surface area contributed by atoms with Gasteiger partial charge in [-0.2, -0.15) is 0 Å². The fourth-order valence-electron chi connectivity index (χ4n) is 4.67. The first-order chi connectivity index (χ1) is 14.1. The third kappa shape index (κ3) is 4.02. The van der Waals surface area contributed by atoms with Gasteiger partial charge in [-0.3, -0.25) is 0 Å². The maximum atomic E-state index is 2.49. The molecule has 2 nitrogen and oxygen atoms in total. The Morgan fingerprint density at radius 3 is 1.03 bits per heavy atom. The predicted octanol–water partition coefficient (Wildman–Crippen LogP) is 8.32. The Morgan fingerprint density at radius 2 is 0.800 bits per heavy atom.